The number of halogens is 2. The van der Waals surface area contributed by atoms with Crippen LogP contribution < -0.4 is 16.2 Å². The molecule has 0 atom stereocenters. The maximum absolute atomic E-state index is 13.9. The lowest BCUT2D eigenvalue weighted by atomic mass is 10.1. The molecular formula is C13H13ClFN3O2S. The molecular weight excluding hydrogens is 317 g/mol. The van der Waals surface area contributed by atoms with Gasteiger partial charge in [0.25, 0.3) is 0 Å². The molecule has 8 heteroatoms. The summed E-state index contributed by atoms with van der Waals surface area (Å²) in [6, 6.07) is 7.19. The molecule has 0 aliphatic carbocycles. The number of nitrogen functional groups attached to an aromatic ring is 1. The van der Waals surface area contributed by atoms with E-state index in [9.17, 15) is 12.8 Å². The fourth-order valence-electron chi connectivity index (χ4n) is 1.88. The van der Waals surface area contributed by atoms with Crippen molar-refractivity contribution < 1.29 is 12.8 Å². The predicted molar refractivity (Wildman–Crippen MR) is 81.7 cm³/mol. The summed E-state index contributed by atoms with van der Waals surface area (Å²) in [6.45, 7) is 1.55. The van der Waals surface area contributed by atoms with Crippen LogP contribution in [0.5, 0.6) is 0 Å². The number of rotatable bonds is 3. The van der Waals surface area contributed by atoms with Crippen molar-refractivity contribution in [2.75, 3.05) is 11.1 Å². The molecule has 0 amide bonds. The van der Waals surface area contributed by atoms with Crippen molar-refractivity contribution in [1.82, 2.24) is 0 Å². The number of nitrogens with one attached hydrogen (secondary N) is 1. The number of anilines is 3. The van der Waals surface area contributed by atoms with Crippen molar-refractivity contribution in [3.63, 3.8) is 0 Å². The van der Waals surface area contributed by atoms with E-state index >= 15 is 0 Å². The highest BCUT2D eigenvalue weighted by Crippen LogP contribution is 2.31. The van der Waals surface area contributed by atoms with E-state index in [1.165, 1.54) is 24.3 Å². The Morgan fingerprint density at radius 1 is 1.24 bits per heavy atom. The van der Waals surface area contributed by atoms with Crippen LogP contribution in [0.4, 0.5) is 21.5 Å². The molecule has 2 aromatic carbocycles. The highest BCUT2D eigenvalue weighted by molar-refractivity contribution is 7.89. The Labute approximate surface area is 126 Å². The Balaban J connectivity index is 2.55. The number of sulfonamides is 1. The third-order valence-corrected chi connectivity index (χ3v) is 4.24. The van der Waals surface area contributed by atoms with E-state index in [0.29, 0.717) is 11.3 Å². The maximum atomic E-state index is 13.9. The van der Waals surface area contributed by atoms with E-state index in [-0.39, 0.29) is 21.3 Å². The van der Waals surface area contributed by atoms with E-state index in [4.69, 9.17) is 22.5 Å². The van der Waals surface area contributed by atoms with Gasteiger partial charge in [-0.15, -0.1) is 0 Å². The number of nitrogens with two attached hydrogens (primary N) is 2. The van der Waals surface area contributed by atoms with Crippen LogP contribution in [0.25, 0.3) is 0 Å². The number of benzene rings is 2. The van der Waals surface area contributed by atoms with Crippen LogP contribution in [0.2, 0.25) is 5.02 Å². The zero-order chi connectivity index (χ0) is 15.8. The first-order chi connectivity index (χ1) is 9.70. The first-order valence-electron chi connectivity index (χ1n) is 5.84. The minimum absolute atomic E-state index is 0.0479. The Hall–Kier alpha value is -1.83. The average molecular weight is 330 g/mol. The van der Waals surface area contributed by atoms with Crippen LogP contribution in [0.15, 0.2) is 35.2 Å². The van der Waals surface area contributed by atoms with Crippen molar-refractivity contribution in [3.05, 3.63) is 46.7 Å². The topological polar surface area (TPSA) is 98.2 Å². The van der Waals surface area contributed by atoms with Crippen molar-refractivity contribution in [2.45, 2.75) is 11.8 Å². The largest absolute Gasteiger partial charge is 0.399 e. The monoisotopic (exact) mass is 329 g/mol. The molecule has 0 unspecified atom stereocenters. The molecule has 0 saturated heterocycles. The van der Waals surface area contributed by atoms with Gasteiger partial charge in [0.1, 0.15) is 0 Å². The summed E-state index contributed by atoms with van der Waals surface area (Å²) in [5.74, 6) is -0.641. The highest BCUT2D eigenvalue weighted by atomic mass is 35.5. The molecule has 2 aromatic rings. The number of hydrogen-bond acceptors (Lipinski definition) is 4. The molecule has 0 fully saturated rings. The van der Waals surface area contributed by atoms with E-state index in [1.54, 1.807) is 13.0 Å². The molecule has 112 valence electrons. The lowest BCUT2D eigenvalue weighted by Gasteiger charge is -2.14. The van der Waals surface area contributed by atoms with Crippen LogP contribution in [-0.2, 0) is 10.0 Å². The highest BCUT2D eigenvalue weighted by Gasteiger charge is 2.16. The summed E-state index contributed by atoms with van der Waals surface area (Å²) in [7, 11) is -3.93. The third-order valence-electron chi connectivity index (χ3n) is 2.91. The quantitative estimate of drug-likeness (QED) is 0.754. The van der Waals surface area contributed by atoms with Crippen molar-refractivity contribution >= 4 is 38.7 Å². The molecule has 5 nitrogen and oxygen atoms in total. The van der Waals surface area contributed by atoms with Gasteiger partial charge >= 0.3 is 0 Å². The summed E-state index contributed by atoms with van der Waals surface area (Å²) in [4.78, 5) is -0.118. The fourth-order valence-corrected chi connectivity index (χ4v) is 2.89. The molecule has 0 aliphatic heterocycles. The zero-order valence-electron chi connectivity index (χ0n) is 11.0. The van der Waals surface area contributed by atoms with E-state index < -0.39 is 15.8 Å². The lowest BCUT2D eigenvalue weighted by molar-refractivity contribution is 0.597. The minimum Gasteiger partial charge on any atom is -0.399 e. The van der Waals surface area contributed by atoms with Gasteiger partial charge in [0.2, 0.25) is 10.0 Å². The molecule has 0 spiro atoms. The SMILES string of the molecule is Cc1c(Nc2cccc(Cl)c2F)cc(N)cc1S(N)(=O)=O. The predicted octanol–water partition coefficient (Wildman–Crippen LogP) is 2.76. The molecule has 0 aliphatic rings. The van der Waals surface area contributed by atoms with Crippen molar-refractivity contribution in [1.29, 1.82) is 0 Å². The number of hydrogen-bond donors (Lipinski definition) is 3. The summed E-state index contributed by atoms with van der Waals surface area (Å²) in [6.07, 6.45) is 0. The molecule has 0 saturated carbocycles. The summed E-state index contributed by atoms with van der Waals surface area (Å²) in [5, 5.41) is 7.86. The minimum atomic E-state index is -3.93. The van der Waals surface area contributed by atoms with Gasteiger partial charge in [-0.25, -0.2) is 17.9 Å². The van der Waals surface area contributed by atoms with Crippen LogP contribution >= 0.6 is 11.6 Å². The van der Waals surface area contributed by atoms with E-state index in [0.717, 1.165) is 0 Å². The van der Waals surface area contributed by atoms with Gasteiger partial charge < -0.3 is 11.1 Å². The van der Waals surface area contributed by atoms with E-state index in [2.05, 4.69) is 5.32 Å². The van der Waals surface area contributed by atoms with Crippen LogP contribution in [0.3, 0.4) is 0 Å². The Morgan fingerprint density at radius 3 is 2.52 bits per heavy atom. The smallest absolute Gasteiger partial charge is 0.238 e. The van der Waals surface area contributed by atoms with Gasteiger partial charge in [-0.05, 0) is 36.8 Å². The molecule has 0 aromatic heterocycles. The standard InChI is InChI=1S/C13H13ClFN3O2S/c1-7-11(5-8(16)6-12(7)21(17,19)20)18-10-4-2-3-9(14)13(10)15/h2-6,18H,16H2,1H3,(H2,17,19,20). The maximum Gasteiger partial charge on any atom is 0.238 e. The van der Waals surface area contributed by atoms with Gasteiger partial charge in [0.05, 0.1) is 15.6 Å². The first kappa shape index (κ1) is 15.6. The van der Waals surface area contributed by atoms with Crippen LogP contribution in [0.1, 0.15) is 5.56 Å². The normalized spacial score (nSPS) is 11.4. The second-order valence-electron chi connectivity index (χ2n) is 4.46. The van der Waals surface area contributed by atoms with Gasteiger partial charge in [-0.3, -0.25) is 0 Å². The summed E-state index contributed by atoms with van der Waals surface area (Å²) in [5.41, 5.74) is 6.64. The summed E-state index contributed by atoms with van der Waals surface area (Å²) >= 11 is 5.70. The Bertz CT molecular complexity index is 809. The Kier molecular flexibility index (Phi) is 4.08. The van der Waals surface area contributed by atoms with Crippen molar-refractivity contribution in [3.8, 4) is 0 Å². The van der Waals surface area contributed by atoms with Crippen molar-refractivity contribution in [2.24, 2.45) is 5.14 Å². The first-order valence-corrected chi connectivity index (χ1v) is 7.76. The molecule has 0 radical (unpaired) electrons. The molecule has 0 heterocycles. The second kappa shape index (κ2) is 5.51. The van der Waals surface area contributed by atoms with E-state index in [1.807, 2.05) is 0 Å². The lowest BCUT2D eigenvalue weighted by Crippen LogP contribution is -2.15. The molecule has 2 rings (SSSR count). The second-order valence-corrected chi connectivity index (χ2v) is 6.40. The molecule has 5 N–H and O–H groups in total. The zero-order valence-corrected chi connectivity index (χ0v) is 12.6. The fraction of sp³-hybridized carbons (Fsp3) is 0.0769. The van der Waals surface area contributed by atoms with Crippen LogP contribution in [-0.4, -0.2) is 8.42 Å². The summed E-state index contributed by atoms with van der Waals surface area (Å²) < 4.78 is 36.9. The third kappa shape index (κ3) is 3.26. The Morgan fingerprint density at radius 2 is 1.90 bits per heavy atom. The van der Waals surface area contributed by atoms with Gasteiger partial charge in [0.15, 0.2) is 5.82 Å². The van der Waals surface area contributed by atoms with Gasteiger partial charge in [-0.2, -0.15) is 0 Å². The number of primary sulfonamides is 1. The van der Waals surface area contributed by atoms with Gasteiger partial charge in [0, 0.05) is 11.4 Å². The molecule has 21 heavy (non-hydrogen) atoms. The average Bonchev–Trinajstić information content (AvgIpc) is 2.37. The van der Waals surface area contributed by atoms with Crippen LogP contribution in [0, 0.1) is 12.7 Å². The van der Waals surface area contributed by atoms with Gasteiger partial charge in [-0.1, -0.05) is 17.7 Å². The molecule has 0 bridgehead atoms.